The molecule has 16 heavy (non-hydrogen) atoms. The second-order valence-electron chi connectivity index (χ2n) is 9.29. The maximum atomic E-state index is 2.66. The fourth-order valence-electron chi connectivity index (χ4n) is 2.93. The Balaban J connectivity index is 5.07. The molecule has 0 aromatic rings. The Hall–Kier alpha value is 0.543. The Morgan fingerprint density at radius 2 is 0.875 bits per heavy atom. The SMILES string of the molecule is CC(C)(C)[CH2][Ge]([CH3])([CH2]C(C)(C)C)[C](C)(C)C. The molecule has 0 amide bonds. The molecule has 0 aliphatic heterocycles. The first kappa shape index (κ1) is 16.5. The van der Waals surface area contributed by atoms with Crippen LogP contribution in [-0.4, -0.2) is 13.3 Å². The number of hydrogen-bond donors (Lipinski definition) is 0. The van der Waals surface area contributed by atoms with Crippen molar-refractivity contribution >= 4 is 13.3 Å². The van der Waals surface area contributed by atoms with Gasteiger partial charge in [-0.2, -0.15) is 0 Å². The van der Waals surface area contributed by atoms with Gasteiger partial charge in [0.1, 0.15) is 0 Å². The van der Waals surface area contributed by atoms with Gasteiger partial charge in [-0.1, -0.05) is 0 Å². The molecule has 0 aliphatic carbocycles. The Bertz CT molecular complexity index is 203. The third kappa shape index (κ3) is 5.75. The molecule has 0 unspecified atom stereocenters. The van der Waals surface area contributed by atoms with Crippen molar-refractivity contribution in [1.82, 2.24) is 0 Å². The van der Waals surface area contributed by atoms with Crippen LogP contribution in [-0.2, 0) is 0 Å². The number of rotatable bonds is 2. The van der Waals surface area contributed by atoms with Crippen LogP contribution in [0.1, 0.15) is 62.3 Å². The summed E-state index contributed by atoms with van der Waals surface area (Å²) >= 11 is -1.79. The van der Waals surface area contributed by atoms with Crippen LogP contribution in [0.5, 0.6) is 0 Å². The van der Waals surface area contributed by atoms with Crippen molar-refractivity contribution in [1.29, 1.82) is 0 Å². The van der Waals surface area contributed by atoms with Crippen molar-refractivity contribution in [3.05, 3.63) is 0 Å². The Labute approximate surface area is 107 Å². The van der Waals surface area contributed by atoms with E-state index in [0.717, 1.165) is 0 Å². The van der Waals surface area contributed by atoms with E-state index in [9.17, 15) is 0 Å². The zero-order valence-corrected chi connectivity index (χ0v) is 15.5. The van der Waals surface area contributed by atoms with E-state index < -0.39 is 13.3 Å². The average molecular weight is 287 g/mol. The van der Waals surface area contributed by atoms with Gasteiger partial charge >= 0.3 is 107 Å². The van der Waals surface area contributed by atoms with Gasteiger partial charge in [0.15, 0.2) is 0 Å². The molecular formula is C15H34Ge. The van der Waals surface area contributed by atoms with Gasteiger partial charge in [0.25, 0.3) is 0 Å². The fourth-order valence-corrected chi connectivity index (χ4v) is 15.2. The molecule has 0 N–H and O–H groups in total. The van der Waals surface area contributed by atoms with Crippen molar-refractivity contribution in [3.8, 4) is 0 Å². The summed E-state index contributed by atoms with van der Waals surface area (Å²) in [5.41, 5.74) is 0.987. The fraction of sp³-hybridized carbons (Fsp3) is 1.00. The van der Waals surface area contributed by atoms with Crippen molar-refractivity contribution in [3.63, 3.8) is 0 Å². The minimum absolute atomic E-state index is 0.493. The van der Waals surface area contributed by atoms with Crippen LogP contribution in [0.25, 0.3) is 0 Å². The summed E-state index contributed by atoms with van der Waals surface area (Å²) in [4.78, 5) is 0. The van der Waals surface area contributed by atoms with Crippen LogP contribution in [0.15, 0.2) is 0 Å². The van der Waals surface area contributed by atoms with Crippen molar-refractivity contribution in [2.24, 2.45) is 10.8 Å². The van der Waals surface area contributed by atoms with Gasteiger partial charge in [0, 0.05) is 0 Å². The molecule has 0 rings (SSSR count). The van der Waals surface area contributed by atoms with Crippen LogP contribution in [0.3, 0.4) is 0 Å². The summed E-state index contributed by atoms with van der Waals surface area (Å²) in [5.74, 6) is 2.66. The van der Waals surface area contributed by atoms with Gasteiger partial charge < -0.3 is 0 Å². The average Bonchev–Trinajstić information content (AvgIpc) is 1.72. The molecule has 0 heterocycles. The maximum absolute atomic E-state index is 2.66. The van der Waals surface area contributed by atoms with Crippen LogP contribution in [0.2, 0.25) is 20.5 Å². The molecule has 98 valence electrons. The quantitative estimate of drug-likeness (QED) is 0.550. The summed E-state index contributed by atoms with van der Waals surface area (Å²) in [6.07, 6.45) is 0. The van der Waals surface area contributed by atoms with Crippen molar-refractivity contribution < 1.29 is 0 Å². The van der Waals surface area contributed by atoms with Gasteiger partial charge in [0.05, 0.1) is 0 Å². The topological polar surface area (TPSA) is 0 Å². The molecular weight excluding hydrogens is 253 g/mol. The van der Waals surface area contributed by atoms with E-state index >= 15 is 0 Å². The molecule has 0 bridgehead atoms. The molecule has 0 saturated carbocycles. The summed E-state index contributed by atoms with van der Waals surface area (Å²) in [5, 5.41) is 2.96. The van der Waals surface area contributed by atoms with Gasteiger partial charge in [-0.15, -0.1) is 0 Å². The van der Waals surface area contributed by atoms with Crippen molar-refractivity contribution in [2.75, 3.05) is 0 Å². The van der Waals surface area contributed by atoms with Crippen LogP contribution in [0, 0.1) is 10.8 Å². The predicted molar refractivity (Wildman–Crippen MR) is 79.9 cm³/mol. The molecule has 0 aliphatic rings. The van der Waals surface area contributed by atoms with Crippen molar-refractivity contribution in [2.45, 2.75) is 82.8 Å². The molecule has 0 fully saturated rings. The van der Waals surface area contributed by atoms with Gasteiger partial charge in [-0.05, 0) is 0 Å². The first-order chi connectivity index (χ1) is 6.66. The van der Waals surface area contributed by atoms with Crippen LogP contribution < -0.4 is 0 Å². The second-order valence-corrected chi connectivity index (χ2v) is 20.5. The van der Waals surface area contributed by atoms with E-state index in [4.69, 9.17) is 0 Å². The zero-order chi connectivity index (χ0) is 13.4. The Morgan fingerprint density at radius 1 is 0.625 bits per heavy atom. The predicted octanol–water partition coefficient (Wildman–Crippen LogP) is 5.96. The Kier molecular flexibility index (Phi) is 4.82. The van der Waals surface area contributed by atoms with E-state index in [1.807, 2.05) is 0 Å². The van der Waals surface area contributed by atoms with E-state index in [1.54, 1.807) is 0 Å². The van der Waals surface area contributed by atoms with Crippen LogP contribution >= 0.6 is 0 Å². The standard InChI is InChI=1S/C15H34Ge/c1-13(2,3)11-16(10,15(7,8)9)12-14(4,5)6/h11-12H2,1-10H3. The molecule has 0 saturated heterocycles. The van der Waals surface area contributed by atoms with Gasteiger partial charge in [0.2, 0.25) is 0 Å². The summed E-state index contributed by atoms with van der Waals surface area (Å²) < 4.78 is 0.556. The minimum atomic E-state index is -1.79. The first-order valence-electron chi connectivity index (χ1n) is 6.66. The third-order valence-corrected chi connectivity index (χ3v) is 19.0. The summed E-state index contributed by atoms with van der Waals surface area (Å²) in [7, 11) is 0. The second kappa shape index (κ2) is 4.67. The zero-order valence-electron chi connectivity index (χ0n) is 13.4. The number of hydrogen-bond acceptors (Lipinski definition) is 0. The monoisotopic (exact) mass is 288 g/mol. The molecule has 0 aromatic carbocycles. The molecule has 0 atom stereocenters. The molecule has 1 heteroatoms. The van der Waals surface area contributed by atoms with Gasteiger partial charge in [-0.25, -0.2) is 0 Å². The van der Waals surface area contributed by atoms with E-state index in [-0.39, 0.29) is 0 Å². The van der Waals surface area contributed by atoms with E-state index in [1.165, 1.54) is 10.5 Å². The van der Waals surface area contributed by atoms with Crippen LogP contribution in [0.4, 0.5) is 0 Å². The molecule has 0 nitrogen and oxygen atoms in total. The first-order valence-corrected chi connectivity index (χ1v) is 12.8. The van der Waals surface area contributed by atoms with E-state index in [0.29, 0.717) is 15.1 Å². The summed E-state index contributed by atoms with van der Waals surface area (Å²) in [6.45, 7) is 21.9. The Morgan fingerprint density at radius 3 is 1.00 bits per heavy atom. The normalized spacial score (nSPS) is 15.4. The molecule has 0 radical (unpaired) electrons. The van der Waals surface area contributed by atoms with E-state index in [2.05, 4.69) is 68.1 Å². The molecule has 0 spiro atoms. The summed E-state index contributed by atoms with van der Waals surface area (Å²) in [6, 6.07) is 0. The van der Waals surface area contributed by atoms with Gasteiger partial charge in [-0.3, -0.25) is 0 Å². The third-order valence-electron chi connectivity index (χ3n) is 3.65. The molecule has 0 aromatic heterocycles.